The molecule has 5 heteroatoms. The number of carboxylic acids is 1. The van der Waals surface area contributed by atoms with Gasteiger partial charge in [-0.05, 0) is 0 Å². The Morgan fingerprint density at radius 1 is 1.83 bits per heavy atom. The minimum absolute atomic E-state index is 0.532. The predicted molar refractivity (Wildman–Crippen MR) is 40.6 cm³/mol. The number of ether oxygens (including phenoxy) is 1. The van der Waals surface area contributed by atoms with E-state index in [0.717, 1.165) is 0 Å². The van der Waals surface area contributed by atoms with Crippen molar-refractivity contribution >= 4 is 5.97 Å². The summed E-state index contributed by atoms with van der Waals surface area (Å²) < 4.78 is 6.39. The lowest BCUT2D eigenvalue weighted by Gasteiger charge is -2.09. The van der Waals surface area contributed by atoms with Crippen LogP contribution in [0.5, 0.6) is 0 Å². The van der Waals surface area contributed by atoms with Crippen LogP contribution in [0.2, 0.25) is 0 Å². The smallest absolute Gasteiger partial charge is 0.339 e. The van der Waals surface area contributed by atoms with E-state index in [1.54, 1.807) is 11.6 Å². The first-order chi connectivity index (χ1) is 5.66. The molecule has 0 aliphatic heterocycles. The van der Waals surface area contributed by atoms with Gasteiger partial charge in [-0.2, -0.15) is 0 Å². The van der Waals surface area contributed by atoms with Gasteiger partial charge in [-0.25, -0.2) is 9.78 Å². The highest BCUT2D eigenvalue weighted by atomic mass is 16.5. The molecule has 66 valence electrons. The molecule has 1 N–H and O–H groups in total. The number of methoxy groups -OCH3 is 1. The largest absolute Gasteiger partial charge is 0.479 e. The predicted octanol–water partition coefficient (Wildman–Crippen LogP) is 0.192. The molecule has 0 saturated carbocycles. The van der Waals surface area contributed by atoms with Gasteiger partial charge in [0.25, 0.3) is 0 Å². The number of carboxylic acid groups (broad SMARTS) is 1. The zero-order valence-electron chi connectivity index (χ0n) is 6.89. The fraction of sp³-hybridized carbons (Fsp3) is 0.429. The van der Waals surface area contributed by atoms with Crippen LogP contribution in [0.15, 0.2) is 12.5 Å². The van der Waals surface area contributed by atoms with Gasteiger partial charge in [0, 0.05) is 14.2 Å². The highest BCUT2D eigenvalue weighted by Crippen LogP contribution is 2.14. The molecule has 0 radical (unpaired) electrons. The summed E-state index contributed by atoms with van der Waals surface area (Å²) in [5.74, 6) is -1.01. The van der Waals surface area contributed by atoms with Gasteiger partial charge in [-0.1, -0.05) is 0 Å². The molecule has 0 aliphatic rings. The van der Waals surface area contributed by atoms with Crippen molar-refractivity contribution in [3.05, 3.63) is 18.2 Å². The molecule has 0 saturated heterocycles. The van der Waals surface area contributed by atoms with Crippen LogP contribution in [-0.2, 0) is 16.6 Å². The molecule has 1 heterocycles. The van der Waals surface area contributed by atoms with Gasteiger partial charge in [-0.3, -0.25) is 0 Å². The maximum atomic E-state index is 10.6. The van der Waals surface area contributed by atoms with Gasteiger partial charge in [0.05, 0.1) is 18.2 Å². The molecule has 1 atom stereocenters. The van der Waals surface area contributed by atoms with Crippen molar-refractivity contribution in [3.8, 4) is 0 Å². The van der Waals surface area contributed by atoms with Crippen LogP contribution in [0.1, 0.15) is 11.8 Å². The van der Waals surface area contributed by atoms with Crippen molar-refractivity contribution in [2.75, 3.05) is 7.11 Å². The monoisotopic (exact) mass is 170 g/mol. The van der Waals surface area contributed by atoms with E-state index in [9.17, 15) is 4.79 Å². The molecule has 0 spiro atoms. The zero-order valence-corrected chi connectivity index (χ0v) is 6.89. The van der Waals surface area contributed by atoms with E-state index < -0.39 is 12.1 Å². The van der Waals surface area contributed by atoms with Gasteiger partial charge in [0.1, 0.15) is 0 Å². The summed E-state index contributed by atoms with van der Waals surface area (Å²) in [5, 5.41) is 8.70. The van der Waals surface area contributed by atoms with E-state index in [1.807, 2.05) is 0 Å². The molecule has 0 aliphatic carbocycles. The Kier molecular flexibility index (Phi) is 2.44. The molecule has 0 unspecified atom stereocenters. The molecule has 0 amide bonds. The number of hydrogen-bond donors (Lipinski definition) is 1. The Balaban J connectivity index is 2.94. The summed E-state index contributed by atoms with van der Waals surface area (Å²) in [6, 6.07) is 0. The summed E-state index contributed by atoms with van der Waals surface area (Å²) in [5.41, 5.74) is 0.532. The van der Waals surface area contributed by atoms with Crippen molar-refractivity contribution in [3.63, 3.8) is 0 Å². The Labute approximate surface area is 69.6 Å². The minimum atomic E-state index is -1.01. The van der Waals surface area contributed by atoms with Crippen molar-refractivity contribution < 1.29 is 14.6 Å². The highest BCUT2D eigenvalue weighted by Gasteiger charge is 2.21. The van der Waals surface area contributed by atoms with Crippen molar-refractivity contribution in [2.45, 2.75) is 6.10 Å². The fourth-order valence-corrected chi connectivity index (χ4v) is 0.968. The molecule has 0 aromatic carbocycles. The molecule has 5 nitrogen and oxygen atoms in total. The maximum absolute atomic E-state index is 10.6. The molecule has 12 heavy (non-hydrogen) atoms. The number of aromatic nitrogens is 2. The number of hydrogen-bond acceptors (Lipinski definition) is 3. The Morgan fingerprint density at radius 3 is 2.83 bits per heavy atom. The third kappa shape index (κ3) is 1.45. The third-order valence-electron chi connectivity index (χ3n) is 1.58. The third-order valence-corrected chi connectivity index (χ3v) is 1.58. The summed E-state index contributed by atoms with van der Waals surface area (Å²) in [6.07, 6.45) is 2.07. The summed E-state index contributed by atoms with van der Waals surface area (Å²) >= 11 is 0. The second-order valence-electron chi connectivity index (χ2n) is 2.38. The average Bonchev–Trinajstić information content (AvgIpc) is 2.38. The Bertz CT molecular complexity index is 282. The lowest BCUT2D eigenvalue weighted by atomic mass is 10.3. The van der Waals surface area contributed by atoms with Crippen LogP contribution < -0.4 is 0 Å². The van der Waals surface area contributed by atoms with Crippen LogP contribution >= 0.6 is 0 Å². The molecular weight excluding hydrogens is 160 g/mol. The minimum Gasteiger partial charge on any atom is -0.479 e. The standard InChI is InChI=1S/C7H10N2O3/c1-9-4-8-3-5(9)6(12-2)7(10)11/h3-4,6H,1-2H3,(H,10,11)/t6-/m1/s1. The Hall–Kier alpha value is -1.36. The normalized spacial score (nSPS) is 12.8. The zero-order chi connectivity index (χ0) is 9.14. The number of rotatable bonds is 3. The lowest BCUT2D eigenvalue weighted by Crippen LogP contribution is -2.16. The molecular formula is C7H10N2O3. The van der Waals surface area contributed by atoms with E-state index in [2.05, 4.69) is 4.98 Å². The Morgan fingerprint density at radius 2 is 2.50 bits per heavy atom. The molecule has 1 rings (SSSR count). The second kappa shape index (κ2) is 3.36. The van der Waals surface area contributed by atoms with E-state index in [4.69, 9.17) is 9.84 Å². The summed E-state index contributed by atoms with van der Waals surface area (Å²) in [6.45, 7) is 0. The number of aryl methyl sites for hydroxylation is 1. The highest BCUT2D eigenvalue weighted by molar-refractivity contribution is 5.73. The van der Waals surface area contributed by atoms with Crippen LogP contribution in [0.3, 0.4) is 0 Å². The van der Waals surface area contributed by atoms with Gasteiger partial charge in [0.2, 0.25) is 0 Å². The van der Waals surface area contributed by atoms with Crippen LogP contribution in [0.25, 0.3) is 0 Å². The fourth-order valence-electron chi connectivity index (χ4n) is 0.968. The van der Waals surface area contributed by atoms with Gasteiger partial charge < -0.3 is 14.4 Å². The van der Waals surface area contributed by atoms with Gasteiger partial charge >= 0.3 is 5.97 Å². The van der Waals surface area contributed by atoms with E-state index in [0.29, 0.717) is 5.69 Å². The van der Waals surface area contributed by atoms with Gasteiger partial charge in [0.15, 0.2) is 6.10 Å². The van der Waals surface area contributed by atoms with Crippen LogP contribution in [-0.4, -0.2) is 27.7 Å². The number of imidazole rings is 1. The van der Waals surface area contributed by atoms with Crippen molar-refractivity contribution in [1.29, 1.82) is 0 Å². The molecule has 1 aromatic rings. The first kappa shape index (κ1) is 8.73. The van der Waals surface area contributed by atoms with Crippen LogP contribution in [0, 0.1) is 0 Å². The van der Waals surface area contributed by atoms with E-state index >= 15 is 0 Å². The average molecular weight is 170 g/mol. The van der Waals surface area contributed by atoms with E-state index in [-0.39, 0.29) is 0 Å². The number of carbonyl (C=O) groups is 1. The van der Waals surface area contributed by atoms with Crippen molar-refractivity contribution in [1.82, 2.24) is 9.55 Å². The molecule has 0 fully saturated rings. The first-order valence-electron chi connectivity index (χ1n) is 3.38. The maximum Gasteiger partial charge on any atom is 0.339 e. The quantitative estimate of drug-likeness (QED) is 0.703. The van der Waals surface area contributed by atoms with E-state index in [1.165, 1.54) is 19.6 Å². The topological polar surface area (TPSA) is 64.3 Å². The first-order valence-corrected chi connectivity index (χ1v) is 3.38. The van der Waals surface area contributed by atoms with Crippen LogP contribution in [0.4, 0.5) is 0 Å². The summed E-state index contributed by atoms with van der Waals surface area (Å²) in [7, 11) is 3.07. The summed E-state index contributed by atoms with van der Waals surface area (Å²) in [4.78, 5) is 14.4. The van der Waals surface area contributed by atoms with Crippen molar-refractivity contribution in [2.24, 2.45) is 7.05 Å². The van der Waals surface area contributed by atoms with Gasteiger partial charge in [-0.15, -0.1) is 0 Å². The molecule has 1 aromatic heterocycles. The molecule has 0 bridgehead atoms. The second-order valence-corrected chi connectivity index (χ2v) is 2.38. The number of nitrogens with zero attached hydrogens (tertiary/aromatic N) is 2. The number of aliphatic carboxylic acids is 1. The lowest BCUT2D eigenvalue weighted by molar-refractivity contribution is -0.149. The SMILES string of the molecule is CO[C@@H](C(=O)O)c1cncn1C.